The summed E-state index contributed by atoms with van der Waals surface area (Å²) < 4.78 is 8.13. The van der Waals surface area contributed by atoms with Gasteiger partial charge in [0.05, 0.1) is 41.7 Å². The lowest BCUT2D eigenvalue weighted by molar-refractivity contribution is 0.0455. The quantitative estimate of drug-likeness (QED) is 0.370. The van der Waals surface area contributed by atoms with Crippen molar-refractivity contribution in [1.29, 1.82) is 5.26 Å². The third kappa shape index (κ3) is 4.93. The summed E-state index contributed by atoms with van der Waals surface area (Å²) in [5.74, 6) is 0.542. The Hall–Kier alpha value is -4.19. The molecule has 3 atom stereocenters. The van der Waals surface area contributed by atoms with Crippen molar-refractivity contribution >= 4 is 5.69 Å². The van der Waals surface area contributed by atoms with Gasteiger partial charge >= 0.3 is 0 Å². The van der Waals surface area contributed by atoms with Crippen molar-refractivity contribution in [3.05, 3.63) is 95.9 Å². The molecule has 8 heteroatoms. The van der Waals surface area contributed by atoms with Gasteiger partial charge in [-0.3, -0.25) is 4.68 Å². The number of nitrogens with zero attached hydrogens (tertiary/aromatic N) is 4. The van der Waals surface area contributed by atoms with E-state index in [1.807, 2.05) is 55.8 Å². The fourth-order valence-corrected chi connectivity index (χ4v) is 4.42. The second-order valence-corrected chi connectivity index (χ2v) is 9.25. The van der Waals surface area contributed by atoms with E-state index in [4.69, 9.17) is 10.00 Å². The van der Waals surface area contributed by atoms with E-state index in [2.05, 4.69) is 26.8 Å². The van der Waals surface area contributed by atoms with E-state index in [1.165, 1.54) is 0 Å². The lowest BCUT2D eigenvalue weighted by atomic mass is 9.93. The molecule has 36 heavy (non-hydrogen) atoms. The van der Waals surface area contributed by atoms with Crippen molar-refractivity contribution in [2.45, 2.75) is 24.7 Å². The summed E-state index contributed by atoms with van der Waals surface area (Å²) in [5.41, 5.74) is 4.00. The number of aromatic nitrogens is 3. The number of benzene rings is 2. The molecule has 5 rings (SSSR count). The van der Waals surface area contributed by atoms with E-state index in [1.54, 1.807) is 42.1 Å². The fourth-order valence-electron chi connectivity index (χ4n) is 4.42. The van der Waals surface area contributed by atoms with E-state index in [0.29, 0.717) is 24.5 Å². The first-order chi connectivity index (χ1) is 17.4. The highest BCUT2D eigenvalue weighted by atomic mass is 16.5. The predicted octanol–water partition coefficient (Wildman–Crippen LogP) is 3.77. The summed E-state index contributed by atoms with van der Waals surface area (Å²) in [7, 11) is 1.89. The number of pyridine rings is 1. The molecule has 0 bridgehead atoms. The first kappa shape index (κ1) is 23.5. The molecule has 4 aromatic rings. The largest absolute Gasteiger partial charge is 0.469 e. The minimum atomic E-state index is -1.14. The van der Waals surface area contributed by atoms with Crippen LogP contribution >= 0.6 is 0 Å². The number of nitriles is 1. The molecule has 3 N–H and O–H groups in total. The van der Waals surface area contributed by atoms with Gasteiger partial charge in [-0.15, -0.1) is 0 Å². The van der Waals surface area contributed by atoms with Crippen molar-refractivity contribution < 1.29 is 9.84 Å². The molecular formula is C28H28N6O2. The van der Waals surface area contributed by atoms with Gasteiger partial charge in [-0.2, -0.15) is 10.4 Å². The highest BCUT2D eigenvalue weighted by Crippen LogP contribution is 2.34. The van der Waals surface area contributed by atoms with Crippen LogP contribution in [-0.4, -0.2) is 39.1 Å². The summed E-state index contributed by atoms with van der Waals surface area (Å²) >= 11 is 0. The zero-order valence-corrected chi connectivity index (χ0v) is 20.2. The van der Waals surface area contributed by atoms with Gasteiger partial charge in [0.25, 0.3) is 0 Å². The molecule has 0 spiro atoms. The molecule has 0 aliphatic carbocycles. The van der Waals surface area contributed by atoms with Crippen LogP contribution in [0.3, 0.4) is 0 Å². The van der Waals surface area contributed by atoms with Gasteiger partial charge in [-0.1, -0.05) is 42.5 Å². The van der Waals surface area contributed by atoms with E-state index < -0.39 is 5.60 Å². The molecular weight excluding hydrogens is 452 g/mol. The first-order valence-corrected chi connectivity index (χ1v) is 11.8. The number of fused-ring (bicyclic) bond motifs is 1. The van der Waals surface area contributed by atoms with Gasteiger partial charge in [0.15, 0.2) is 0 Å². The normalized spacial score (nSPS) is 17.1. The number of nitrogens with one attached hydrogen (secondary N) is 2. The van der Waals surface area contributed by atoms with Gasteiger partial charge in [-0.05, 0) is 36.2 Å². The summed E-state index contributed by atoms with van der Waals surface area (Å²) in [6, 6.07) is 21.0. The highest BCUT2D eigenvalue weighted by molar-refractivity contribution is 5.69. The lowest BCUT2D eigenvalue weighted by Crippen LogP contribution is -2.46. The van der Waals surface area contributed by atoms with Gasteiger partial charge < -0.3 is 20.5 Å². The minimum absolute atomic E-state index is 0.198. The van der Waals surface area contributed by atoms with Gasteiger partial charge in [-0.25, -0.2) is 4.98 Å². The molecule has 182 valence electrons. The van der Waals surface area contributed by atoms with E-state index >= 15 is 0 Å². The Morgan fingerprint density at radius 2 is 1.97 bits per heavy atom. The number of aliphatic hydroxyl groups is 1. The highest BCUT2D eigenvalue weighted by Gasteiger charge is 2.32. The smallest absolute Gasteiger partial charge is 0.237 e. The van der Waals surface area contributed by atoms with Crippen LogP contribution < -0.4 is 15.4 Å². The van der Waals surface area contributed by atoms with Crippen LogP contribution in [0.4, 0.5) is 5.69 Å². The standard InChI is InChI=1S/C28H28N6O2/c1-28(35,23-10-8-19(13-29)9-11-23)18-32-26(20-6-4-3-5-7-20)25-16-30-24-12-21(14-31-27(24)36-25)22-15-33-34(2)17-22/h3-12,14-15,17,25-26,30,32,35H,16,18H2,1-2H3/t25-,26+,28+/m0/s1. The summed E-state index contributed by atoms with van der Waals surface area (Å²) in [6.45, 7) is 2.62. The van der Waals surface area contributed by atoms with Crippen molar-refractivity contribution in [2.24, 2.45) is 7.05 Å². The van der Waals surface area contributed by atoms with Crippen LogP contribution in [0.15, 0.2) is 79.3 Å². The van der Waals surface area contributed by atoms with Crippen LogP contribution in [0.25, 0.3) is 11.1 Å². The maximum atomic E-state index is 11.2. The number of hydrogen-bond acceptors (Lipinski definition) is 7. The van der Waals surface area contributed by atoms with Crippen LogP contribution in [0.5, 0.6) is 5.88 Å². The Balaban J connectivity index is 1.35. The minimum Gasteiger partial charge on any atom is -0.469 e. The summed E-state index contributed by atoms with van der Waals surface area (Å²) in [4.78, 5) is 4.58. The number of aryl methyl sites for hydroxylation is 1. The summed E-state index contributed by atoms with van der Waals surface area (Å²) in [5, 5.41) is 31.5. The Bertz CT molecular complexity index is 1380. The zero-order chi connectivity index (χ0) is 25.1. The molecule has 2 aromatic carbocycles. The van der Waals surface area contributed by atoms with E-state index in [0.717, 1.165) is 27.9 Å². The van der Waals surface area contributed by atoms with Crippen LogP contribution in [0, 0.1) is 11.3 Å². The Morgan fingerprint density at radius 1 is 1.19 bits per heavy atom. The van der Waals surface area contributed by atoms with Crippen LogP contribution in [0.1, 0.15) is 29.7 Å². The maximum Gasteiger partial charge on any atom is 0.237 e. The molecule has 1 aliphatic rings. The molecule has 0 radical (unpaired) electrons. The summed E-state index contributed by atoms with van der Waals surface area (Å²) in [6.07, 6.45) is 5.30. The molecule has 0 amide bonds. The number of rotatable bonds is 7. The molecule has 0 saturated heterocycles. The van der Waals surface area contributed by atoms with E-state index in [9.17, 15) is 5.11 Å². The first-order valence-electron chi connectivity index (χ1n) is 11.8. The molecule has 0 saturated carbocycles. The fraction of sp³-hybridized carbons (Fsp3) is 0.250. The van der Waals surface area contributed by atoms with Crippen molar-refractivity contribution in [3.63, 3.8) is 0 Å². The van der Waals surface area contributed by atoms with Crippen LogP contribution in [-0.2, 0) is 12.6 Å². The molecule has 0 fully saturated rings. The topological polar surface area (TPSA) is 108 Å². The van der Waals surface area contributed by atoms with Gasteiger partial charge in [0.2, 0.25) is 5.88 Å². The third-order valence-corrected chi connectivity index (χ3v) is 6.48. The SMILES string of the molecule is Cn1cc(-c2cnc3c(c2)NC[C@@H]([C@H](NC[C@@](C)(O)c2ccc(C#N)cc2)c2ccccc2)O3)cn1. The predicted molar refractivity (Wildman–Crippen MR) is 137 cm³/mol. The maximum absolute atomic E-state index is 11.2. The second kappa shape index (κ2) is 9.82. The van der Waals surface area contributed by atoms with Gasteiger partial charge in [0, 0.05) is 37.1 Å². The van der Waals surface area contributed by atoms with Gasteiger partial charge in [0.1, 0.15) is 6.10 Å². The average molecular weight is 481 g/mol. The number of anilines is 1. The Labute approximate surface area is 210 Å². The lowest BCUT2D eigenvalue weighted by Gasteiger charge is -2.35. The molecule has 2 aromatic heterocycles. The zero-order valence-electron chi connectivity index (χ0n) is 20.2. The second-order valence-electron chi connectivity index (χ2n) is 9.25. The van der Waals surface area contributed by atoms with Crippen molar-refractivity contribution in [2.75, 3.05) is 18.4 Å². The van der Waals surface area contributed by atoms with Crippen molar-refractivity contribution in [3.8, 4) is 23.1 Å². The molecule has 3 heterocycles. The average Bonchev–Trinajstić information content (AvgIpc) is 3.35. The Kier molecular flexibility index (Phi) is 6.42. The Morgan fingerprint density at radius 3 is 2.67 bits per heavy atom. The number of hydrogen-bond donors (Lipinski definition) is 3. The third-order valence-electron chi connectivity index (χ3n) is 6.48. The van der Waals surface area contributed by atoms with Crippen LogP contribution in [0.2, 0.25) is 0 Å². The monoisotopic (exact) mass is 480 g/mol. The number of ether oxygens (including phenoxy) is 1. The molecule has 8 nitrogen and oxygen atoms in total. The van der Waals surface area contributed by atoms with E-state index in [-0.39, 0.29) is 12.1 Å². The molecule has 0 unspecified atom stereocenters. The van der Waals surface area contributed by atoms with Crippen molar-refractivity contribution in [1.82, 2.24) is 20.1 Å². The molecule has 1 aliphatic heterocycles.